The predicted molar refractivity (Wildman–Crippen MR) is 93.1 cm³/mol. The van der Waals surface area contributed by atoms with E-state index in [4.69, 9.17) is 16.3 Å². The van der Waals surface area contributed by atoms with Crippen molar-refractivity contribution >= 4 is 23.3 Å². The van der Waals surface area contributed by atoms with E-state index in [1.54, 1.807) is 13.8 Å². The highest BCUT2D eigenvalue weighted by atomic mass is 35.5. The zero-order valence-electron chi connectivity index (χ0n) is 14.5. The summed E-state index contributed by atoms with van der Waals surface area (Å²) >= 11 is 6.00. The molecule has 142 valence electrons. The van der Waals surface area contributed by atoms with E-state index >= 15 is 0 Å². The monoisotopic (exact) mass is 388 g/mol. The van der Waals surface area contributed by atoms with E-state index in [1.807, 2.05) is 0 Å². The summed E-state index contributed by atoms with van der Waals surface area (Å²) in [6.07, 6.45) is -1.57. The van der Waals surface area contributed by atoms with Gasteiger partial charge in [0.15, 0.2) is 0 Å². The Hall–Kier alpha value is -1.89. The Morgan fingerprint density at radius 2 is 2.15 bits per heavy atom. The van der Waals surface area contributed by atoms with E-state index in [-0.39, 0.29) is 28.1 Å². The Bertz CT molecular complexity index is 746. The Kier molecular flexibility index (Phi) is 4.86. The number of anilines is 1. The van der Waals surface area contributed by atoms with E-state index in [0.29, 0.717) is 19.3 Å². The van der Waals surface area contributed by atoms with Crippen molar-refractivity contribution < 1.29 is 22.7 Å². The van der Waals surface area contributed by atoms with Gasteiger partial charge in [0.05, 0.1) is 18.0 Å². The molecule has 1 aliphatic heterocycles. The number of allylic oxidation sites excluding steroid dienone is 2. The molecule has 1 saturated carbocycles. The van der Waals surface area contributed by atoms with Gasteiger partial charge in [-0.05, 0) is 44.0 Å². The number of alkyl halides is 3. The number of hydrogen-bond acceptors (Lipinski definition) is 2. The van der Waals surface area contributed by atoms with E-state index in [2.05, 4.69) is 5.32 Å². The van der Waals surface area contributed by atoms with Gasteiger partial charge in [-0.3, -0.25) is 0 Å². The van der Waals surface area contributed by atoms with Crippen LogP contribution in [-0.4, -0.2) is 29.7 Å². The summed E-state index contributed by atoms with van der Waals surface area (Å²) in [5, 5.41) is 2.73. The average Bonchev–Trinajstić information content (AvgIpc) is 3.40. The van der Waals surface area contributed by atoms with Crippen molar-refractivity contribution in [3.8, 4) is 0 Å². The largest absolute Gasteiger partial charge is 0.476 e. The minimum Gasteiger partial charge on any atom is -0.476 e. The quantitative estimate of drug-likeness (QED) is 0.698. The molecule has 1 aromatic rings. The number of rotatable bonds is 4. The van der Waals surface area contributed by atoms with E-state index < -0.39 is 24.4 Å². The fourth-order valence-corrected chi connectivity index (χ4v) is 3.34. The molecule has 4 nitrogen and oxygen atoms in total. The van der Waals surface area contributed by atoms with Gasteiger partial charge in [0.1, 0.15) is 0 Å². The molecule has 1 heterocycles. The van der Waals surface area contributed by atoms with Gasteiger partial charge in [0, 0.05) is 23.0 Å². The van der Waals surface area contributed by atoms with Gasteiger partial charge < -0.3 is 15.0 Å². The molecule has 0 saturated heterocycles. The van der Waals surface area contributed by atoms with Crippen LogP contribution in [-0.2, 0) is 10.3 Å². The minimum absolute atomic E-state index is 0.0615. The van der Waals surface area contributed by atoms with Crippen LogP contribution in [0.15, 0.2) is 30.0 Å². The molecule has 0 bridgehead atoms. The number of nitrogens with one attached hydrogen (secondary N) is 1. The number of hydrogen-bond donors (Lipinski definition) is 1. The van der Waals surface area contributed by atoms with Gasteiger partial charge in [-0.25, -0.2) is 4.79 Å². The molecular weight excluding hydrogens is 369 g/mol. The molecule has 0 spiro atoms. The van der Waals surface area contributed by atoms with Crippen molar-refractivity contribution in [1.29, 1.82) is 0 Å². The molecule has 26 heavy (non-hydrogen) atoms. The van der Waals surface area contributed by atoms with Crippen LogP contribution >= 0.6 is 11.6 Å². The van der Waals surface area contributed by atoms with Crippen molar-refractivity contribution in [3.05, 3.63) is 40.6 Å². The summed E-state index contributed by atoms with van der Waals surface area (Å²) < 4.78 is 48.9. The second-order valence-corrected chi connectivity index (χ2v) is 6.95. The van der Waals surface area contributed by atoms with Crippen molar-refractivity contribution in [1.82, 2.24) is 4.90 Å². The zero-order valence-corrected chi connectivity index (χ0v) is 15.2. The molecule has 1 N–H and O–H groups in total. The van der Waals surface area contributed by atoms with Crippen LogP contribution in [0.2, 0.25) is 5.02 Å². The second-order valence-electron chi connectivity index (χ2n) is 6.51. The van der Waals surface area contributed by atoms with Crippen molar-refractivity contribution in [3.63, 3.8) is 0 Å². The zero-order chi connectivity index (χ0) is 19.1. The van der Waals surface area contributed by atoms with Crippen LogP contribution in [0.25, 0.3) is 0 Å². The van der Waals surface area contributed by atoms with E-state index in [9.17, 15) is 18.0 Å². The standard InChI is InChI=1S/C18H20ClF3N2O2/c1-3-13(4-2)26-17(18(20,21)22)10-24(12-6-7-12)16(25)23-15-8-5-11(19)9-14(15)17/h3,5,8-9,12H,4,6-7,10H2,1-2H3,(H,23,25)/t17-/m1/s1. The molecule has 3 rings (SSSR count). The van der Waals surface area contributed by atoms with Crippen LogP contribution in [0.4, 0.5) is 23.7 Å². The summed E-state index contributed by atoms with van der Waals surface area (Å²) in [4.78, 5) is 13.8. The molecule has 8 heteroatoms. The number of halogens is 4. The molecule has 1 aromatic carbocycles. The maximum absolute atomic E-state index is 14.4. The van der Waals surface area contributed by atoms with Crippen LogP contribution in [0.5, 0.6) is 0 Å². The van der Waals surface area contributed by atoms with Gasteiger partial charge in [0.2, 0.25) is 5.60 Å². The molecule has 1 aliphatic carbocycles. The lowest BCUT2D eigenvalue weighted by Gasteiger charge is -2.39. The molecule has 1 atom stereocenters. The molecule has 2 aliphatic rings. The van der Waals surface area contributed by atoms with Gasteiger partial charge >= 0.3 is 12.2 Å². The fourth-order valence-electron chi connectivity index (χ4n) is 3.17. The third kappa shape index (κ3) is 3.24. The Morgan fingerprint density at radius 3 is 2.69 bits per heavy atom. The fraction of sp³-hybridized carbons (Fsp3) is 0.500. The lowest BCUT2D eigenvalue weighted by atomic mass is 9.90. The Morgan fingerprint density at radius 1 is 1.46 bits per heavy atom. The minimum atomic E-state index is -4.75. The molecule has 2 amide bonds. The first-order chi connectivity index (χ1) is 12.2. The first-order valence-electron chi connectivity index (χ1n) is 8.50. The molecular formula is C18H20ClF3N2O2. The number of nitrogens with zero attached hydrogens (tertiary/aromatic N) is 1. The predicted octanol–water partition coefficient (Wildman–Crippen LogP) is 5.44. The number of benzene rings is 1. The number of fused-ring (bicyclic) bond motifs is 1. The number of ether oxygens (including phenoxy) is 1. The smallest absolute Gasteiger partial charge is 0.434 e. The third-order valence-electron chi connectivity index (χ3n) is 4.73. The number of amides is 2. The highest BCUT2D eigenvalue weighted by Crippen LogP contribution is 2.50. The summed E-state index contributed by atoms with van der Waals surface area (Å²) in [6.45, 7) is 2.73. The van der Waals surface area contributed by atoms with Crippen molar-refractivity contribution in [2.45, 2.75) is 50.9 Å². The Balaban J connectivity index is 2.22. The summed E-state index contributed by atoms with van der Waals surface area (Å²) in [5.41, 5.74) is -2.81. The first-order valence-corrected chi connectivity index (χ1v) is 8.88. The number of carbonyl (C=O) groups excluding carboxylic acids is 1. The van der Waals surface area contributed by atoms with Gasteiger partial charge in [-0.2, -0.15) is 13.2 Å². The lowest BCUT2D eigenvalue weighted by Crippen LogP contribution is -2.53. The summed E-state index contributed by atoms with van der Waals surface area (Å²) in [7, 11) is 0. The number of urea groups is 1. The van der Waals surface area contributed by atoms with Gasteiger partial charge in [0.25, 0.3) is 0 Å². The molecule has 1 fully saturated rings. The second kappa shape index (κ2) is 6.68. The maximum Gasteiger partial charge on any atom is 0.434 e. The van der Waals surface area contributed by atoms with Crippen LogP contribution in [0.1, 0.15) is 38.7 Å². The highest BCUT2D eigenvalue weighted by Gasteiger charge is 2.63. The van der Waals surface area contributed by atoms with Crippen molar-refractivity contribution in [2.24, 2.45) is 0 Å². The average molecular weight is 389 g/mol. The normalized spacial score (nSPS) is 24.0. The van der Waals surface area contributed by atoms with Crippen LogP contribution in [0.3, 0.4) is 0 Å². The Labute approximate surface area is 154 Å². The highest BCUT2D eigenvalue weighted by molar-refractivity contribution is 6.30. The third-order valence-corrected chi connectivity index (χ3v) is 4.97. The summed E-state index contributed by atoms with van der Waals surface area (Å²) in [6, 6.07) is 3.30. The molecule has 0 aromatic heterocycles. The first kappa shape index (κ1) is 18.9. The van der Waals surface area contributed by atoms with E-state index in [0.717, 1.165) is 0 Å². The maximum atomic E-state index is 14.4. The summed E-state index contributed by atoms with van der Waals surface area (Å²) in [5.74, 6) is 0.207. The van der Waals surface area contributed by atoms with Crippen molar-refractivity contribution in [2.75, 3.05) is 11.9 Å². The number of carbonyl (C=O) groups is 1. The van der Waals surface area contributed by atoms with Gasteiger partial charge in [-0.15, -0.1) is 0 Å². The van der Waals surface area contributed by atoms with Gasteiger partial charge in [-0.1, -0.05) is 18.5 Å². The molecule has 0 radical (unpaired) electrons. The van der Waals surface area contributed by atoms with E-state index in [1.165, 1.54) is 29.2 Å². The SMILES string of the molecule is CC=C(CC)O[C@]1(C(F)(F)F)CN(C2CC2)C(=O)Nc2ccc(Cl)cc21. The lowest BCUT2D eigenvalue weighted by molar-refractivity contribution is -0.276. The molecule has 0 unspecified atom stereocenters. The van der Waals surface area contributed by atoms with Crippen LogP contribution < -0.4 is 5.32 Å². The topological polar surface area (TPSA) is 41.6 Å². The van der Waals surface area contributed by atoms with Crippen LogP contribution in [0, 0.1) is 0 Å².